The SMILES string of the molecule is CCc1nnsc1C(=O)NCC(N)c1ccccc1.Cl. The molecule has 0 fully saturated rings. The van der Waals surface area contributed by atoms with Gasteiger partial charge in [-0.3, -0.25) is 4.79 Å². The van der Waals surface area contributed by atoms with E-state index in [4.69, 9.17) is 5.73 Å². The van der Waals surface area contributed by atoms with Crippen LogP contribution in [0, 0.1) is 0 Å². The van der Waals surface area contributed by atoms with Gasteiger partial charge < -0.3 is 11.1 Å². The second kappa shape index (κ2) is 7.94. The Balaban J connectivity index is 0.00000200. The van der Waals surface area contributed by atoms with Crippen molar-refractivity contribution < 1.29 is 4.79 Å². The molecule has 1 amide bonds. The van der Waals surface area contributed by atoms with Crippen LogP contribution in [0.2, 0.25) is 0 Å². The average molecular weight is 313 g/mol. The summed E-state index contributed by atoms with van der Waals surface area (Å²) in [6.45, 7) is 2.34. The minimum Gasteiger partial charge on any atom is -0.349 e. The maximum Gasteiger partial charge on any atom is 0.265 e. The molecular weight excluding hydrogens is 296 g/mol. The van der Waals surface area contributed by atoms with E-state index < -0.39 is 0 Å². The molecule has 1 unspecified atom stereocenters. The summed E-state index contributed by atoms with van der Waals surface area (Å²) < 4.78 is 3.80. The molecule has 0 aliphatic carbocycles. The molecule has 0 aliphatic heterocycles. The summed E-state index contributed by atoms with van der Waals surface area (Å²) >= 11 is 1.12. The second-order valence-electron chi connectivity index (χ2n) is 4.13. The number of carbonyl (C=O) groups excluding carboxylic acids is 1. The Morgan fingerprint density at radius 3 is 2.75 bits per heavy atom. The Labute approximate surface area is 128 Å². The van der Waals surface area contributed by atoms with Gasteiger partial charge in [0.25, 0.3) is 5.91 Å². The number of rotatable bonds is 5. The van der Waals surface area contributed by atoms with Crippen molar-refractivity contribution in [2.24, 2.45) is 5.73 Å². The molecule has 0 bridgehead atoms. The topological polar surface area (TPSA) is 80.9 Å². The van der Waals surface area contributed by atoms with Gasteiger partial charge >= 0.3 is 0 Å². The molecule has 0 saturated carbocycles. The smallest absolute Gasteiger partial charge is 0.265 e. The molecule has 2 aromatic rings. The van der Waals surface area contributed by atoms with Crippen molar-refractivity contribution in [3.8, 4) is 0 Å². The lowest BCUT2D eigenvalue weighted by Gasteiger charge is -2.12. The van der Waals surface area contributed by atoms with Crippen LogP contribution in [-0.4, -0.2) is 22.0 Å². The quantitative estimate of drug-likeness (QED) is 0.884. The second-order valence-corrected chi connectivity index (χ2v) is 4.88. The molecule has 1 heterocycles. The molecule has 3 N–H and O–H groups in total. The van der Waals surface area contributed by atoms with Crippen LogP contribution in [0.5, 0.6) is 0 Å². The molecule has 0 radical (unpaired) electrons. The first-order chi connectivity index (χ1) is 9.22. The van der Waals surface area contributed by atoms with Crippen LogP contribution in [0.1, 0.15) is 33.9 Å². The van der Waals surface area contributed by atoms with Crippen molar-refractivity contribution >= 4 is 29.8 Å². The Bertz CT molecular complexity index is 546. The van der Waals surface area contributed by atoms with Crippen molar-refractivity contribution in [2.75, 3.05) is 6.54 Å². The van der Waals surface area contributed by atoms with Gasteiger partial charge in [-0.15, -0.1) is 17.5 Å². The zero-order valence-electron chi connectivity index (χ0n) is 11.1. The normalized spacial score (nSPS) is 11.5. The van der Waals surface area contributed by atoms with Crippen LogP contribution in [0.15, 0.2) is 30.3 Å². The molecule has 0 aliphatic rings. The summed E-state index contributed by atoms with van der Waals surface area (Å²) in [6.07, 6.45) is 0.698. The molecule has 7 heteroatoms. The number of hydrogen-bond donors (Lipinski definition) is 2. The number of carbonyl (C=O) groups is 1. The van der Waals surface area contributed by atoms with Gasteiger partial charge in [0.15, 0.2) is 0 Å². The Morgan fingerprint density at radius 1 is 1.40 bits per heavy atom. The molecule has 1 aromatic carbocycles. The number of benzene rings is 1. The average Bonchev–Trinajstić information content (AvgIpc) is 2.93. The fourth-order valence-electron chi connectivity index (χ4n) is 1.71. The first-order valence-electron chi connectivity index (χ1n) is 6.12. The van der Waals surface area contributed by atoms with Crippen molar-refractivity contribution in [1.29, 1.82) is 0 Å². The maximum atomic E-state index is 12.0. The van der Waals surface area contributed by atoms with Crippen LogP contribution in [-0.2, 0) is 6.42 Å². The first-order valence-corrected chi connectivity index (χ1v) is 6.89. The standard InChI is InChI=1S/C13H16N4OS.ClH/c1-2-11-12(19-17-16-11)13(18)15-8-10(14)9-6-4-3-5-7-9;/h3-7,10H,2,8,14H2,1H3,(H,15,18);1H. The minimum absolute atomic E-state index is 0. The molecule has 0 saturated heterocycles. The monoisotopic (exact) mass is 312 g/mol. The van der Waals surface area contributed by atoms with E-state index in [1.807, 2.05) is 37.3 Å². The van der Waals surface area contributed by atoms with Crippen LogP contribution < -0.4 is 11.1 Å². The lowest BCUT2D eigenvalue weighted by Crippen LogP contribution is -2.31. The van der Waals surface area contributed by atoms with E-state index >= 15 is 0 Å². The van der Waals surface area contributed by atoms with E-state index in [0.717, 1.165) is 22.8 Å². The van der Waals surface area contributed by atoms with E-state index in [2.05, 4.69) is 14.9 Å². The summed E-state index contributed by atoms with van der Waals surface area (Å²) in [4.78, 5) is 12.6. The Kier molecular flexibility index (Phi) is 6.57. The zero-order chi connectivity index (χ0) is 13.7. The molecular formula is C13H17ClN4OS. The van der Waals surface area contributed by atoms with Gasteiger partial charge in [0.1, 0.15) is 4.88 Å². The van der Waals surface area contributed by atoms with E-state index in [1.54, 1.807) is 0 Å². The third-order valence-electron chi connectivity index (χ3n) is 2.81. The van der Waals surface area contributed by atoms with Crippen molar-refractivity contribution in [3.63, 3.8) is 0 Å². The van der Waals surface area contributed by atoms with Gasteiger partial charge in [-0.25, -0.2) is 0 Å². The first kappa shape index (κ1) is 16.6. The number of aromatic nitrogens is 2. The van der Waals surface area contributed by atoms with E-state index in [9.17, 15) is 4.79 Å². The fraction of sp³-hybridized carbons (Fsp3) is 0.308. The molecule has 2 rings (SSSR count). The number of halogens is 1. The molecule has 20 heavy (non-hydrogen) atoms. The van der Waals surface area contributed by atoms with Gasteiger partial charge in [-0.05, 0) is 23.5 Å². The van der Waals surface area contributed by atoms with E-state index in [0.29, 0.717) is 17.8 Å². The predicted octanol–water partition coefficient (Wildman–Crippen LogP) is 1.95. The molecule has 1 aromatic heterocycles. The summed E-state index contributed by atoms with van der Waals surface area (Å²) in [7, 11) is 0. The summed E-state index contributed by atoms with van der Waals surface area (Å²) in [5.41, 5.74) is 7.76. The van der Waals surface area contributed by atoms with E-state index in [-0.39, 0.29) is 24.4 Å². The summed E-state index contributed by atoms with van der Waals surface area (Å²) in [5.74, 6) is -0.154. The van der Waals surface area contributed by atoms with Crippen LogP contribution >= 0.6 is 23.9 Å². The van der Waals surface area contributed by atoms with Gasteiger partial charge in [0.2, 0.25) is 0 Å². The number of nitrogens with two attached hydrogens (primary N) is 1. The van der Waals surface area contributed by atoms with Gasteiger partial charge in [-0.2, -0.15) is 0 Å². The number of hydrogen-bond acceptors (Lipinski definition) is 5. The predicted molar refractivity (Wildman–Crippen MR) is 82.2 cm³/mol. The lowest BCUT2D eigenvalue weighted by molar-refractivity contribution is 0.0954. The van der Waals surface area contributed by atoms with Crippen LogP contribution in [0.4, 0.5) is 0 Å². The molecule has 0 spiro atoms. The van der Waals surface area contributed by atoms with E-state index in [1.165, 1.54) is 0 Å². The summed E-state index contributed by atoms with van der Waals surface area (Å²) in [5, 5.41) is 6.74. The Hall–Kier alpha value is -1.50. The van der Waals surface area contributed by atoms with Crippen LogP contribution in [0.3, 0.4) is 0 Å². The lowest BCUT2D eigenvalue weighted by atomic mass is 10.1. The Morgan fingerprint density at radius 2 is 2.10 bits per heavy atom. The fourth-order valence-corrected chi connectivity index (χ4v) is 2.38. The van der Waals surface area contributed by atoms with Crippen molar-refractivity contribution in [3.05, 3.63) is 46.5 Å². The minimum atomic E-state index is -0.212. The largest absolute Gasteiger partial charge is 0.349 e. The zero-order valence-corrected chi connectivity index (χ0v) is 12.7. The molecule has 108 valence electrons. The highest BCUT2D eigenvalue weighted by atomic mass is 35.5. The van der Waals surface area contributed by atoms with Crippen LogP contribution in [0.25, 0.3) is 0 Å². The third kappa shape index (κ3) is 4.00. The highest BCUT2D eigenvalue weighted by Gasteiger charge is 2.15. The summed E-state index contributed by atoms with van der Waals surface area (Å²) in [6, 6.07) is 9.48. The molecule has 1 atom stereocenters. The number of amides is 1. The number of nitrogens with one attached hydrogen (secondary N) is 1. The highest BCUT2D eigenvalue weighted by Crippen LogP contribution is 2.12. The third-order valence-corrected chi connectivity index (χ3v) is 3.57. The van der Waals surface area contributed by atoms with Crippen molar-refractivity contribution in [2.45, 2.75) is 19.4 Å². The maximum absolute atomic E-state index is 12.0. The number of aryl methyl sites for hydroxylation is 1. The van der Waals surface area contributed by atoms with Gasteiger partial charge in [0.05, 0.1) is 5.69 Å². The highest BCUT2D eigenvalue weighted by molar-refractivity contribution is 7.08. The number of nitrogens with zero attached hydrogens (tertiary/aromatic N) is 2. The molecule has 5 nitrogen and oxygen atoms in total. The van der Waals surface area contributed by atoms with Gasteiger partial charge in [-0.1, -0.05) is 41.7 Å². The van der Waals surface area contributed by atoms with Gasteiger partial charge in [0, 0.05) is 12.6 Å². The van der Waals surface area contributed by atoms with Crippen molar-refractivity contribution in [1.82, 2.24) is 14.9 Å².